The fraction of sp³-hybridized carbons (Fsp3) is 0.417. The van der Waals surface area contributed by atoms with Gasteiger partial charge in [-0.05, 0) is 25.3 Å². The molecule has 1 nitrogen and oxygen atoms in total. The van der Waals surface area contributed by atoms with Gasteiger partial charge in [0.2, 0.25) is 0 Å². The van der Waals surface area contributed by atoms with E-state index in [1.54, 1.807) is 0 Å². The van der Waals surface area contributed by atoms with Crippen LogP contribution in [0.15, 0.2) is 36.0 Å². The van der Waals surface area contributed by atoms with Crippen LogP contribution >= 0.6 is 0 Å². The van der Waals surface area contributed by atoms with Gasteiger partial charge in [0.15, 0.2) is 0 Å². The summed E-state index contributed by atoms with van der Waals surface area (Å²) in [6.45, 7) is 8.15. The number of rotatable bonds is 2. The highest BCUT2D eigenvalue weighted by Crippen LogP contribution is 2.30. The number of nitrogens with zero attached hydrogens (tertiary/aromatic N) is 1. The van der Waals surface area contributed by atoms with E-state index in [0.717, 1.165) is 17.6 Å². The van der Waals surface area contributed by atoms with Crippen LogP contribution in [0.5, 0.6) is 0 Å². The molecular formula is C12H15N. The monoisotopic (exact) mass is 173 g/mol. The van der Waals surface area contributed by atoms with Crippen molar-refractivity contribution in [2.75, 3.05) is 0 Å². The lowest BCUT2D eigenvalue weighted by atomic mass is 9.80. The van der Waals surface area contributed by atoms with Crippen molar-refractivity contribution in [3.63, 3.8) is 0 Å². The van der Waals surface area contributed by atoms with Crippen molar-refractivity contribution in [1.82, 2.24) is 0 Å². The lowest BCUT2D eigenvalue weighted by Crippen LogP contribution is -2.13. The molecule has 0 aromatic rings. The highest BCUT2D eigenvalue weighted by atomic mass is 14.3. The van der Waals surface area contributed by atoms with Crippen LogP contribution in [-0.4, -0.2) is 0 Å². The van der Waals surface area contributed by atoms with E-state index in [1.165, 1.54) is 0 Å². The van der Waals surface area contributed by atoms with E-state index in [2.05, 4.69) is 25.6 Å². The average Bonchev–Trinajstić information content (AvgIpc) is 2.16. The maximum atomic E-state index is 8.75. The van der Waals surface area contributed by atoms with Crippen molar-refractivity contribution in [2.24, 2.45) is 11.8 Å². The largest absolute Gasteiger partial charge is 0.192 e. The summed E-state index contributed by atoms with van der Waals surface area (Å²) >= 11 is 0. The number of hydrogen-bond donors (Lipinski definition) is 0. The third kappa shape index (κ3) is 2.09. The smallest absolute Gasteiger partial charge is 0.0988 e. The lowest BCUT2D eigenvalue weighted by molar-refractivity contribution is 0.511. The molecule has 1 aliphatic carbocycles. The zero-order chi connectivity index (χ0) is 9.84. The van der Waals surface area contributed by atoms with E-state index in [1.807, 2.05) is 19.1 Å². The summed E-state index contributed by atoms with van der Waals surface area (Å²) in [4.78, 5) is 0. The Hall–Kier alpha value is -1.29. The van der Waals surface area contributed by atoms with Crippen LogP contribution in [0.1, 0.15) is 20.3 Å². The third-order valence-corrected chi connectivity index (χ3v) is 2.51. The first kappa shape index (κ1) is 9.80. The van der Waals surface area contributed by atoms with Crippen molar-refractivity contribution in [2.45, 2.75) is 20.3 Å². The summed E-state index contributed by atoms with van der Waals surface area (Å²) in [5, 5.41) is 8.75. The molecule has 0 N–H and O–H groups in total. The Labute approximate surface area is 80.1 Å². The summed E-state index contributed by atoms with van der Waals surface area (Å²) in [5.41, 5.74) is 1.90. The topological polar surface area (TPSA) is 23.8 Å². The molecular weight excluding hydrogens is 158 g/mol. The zero-order valence-corrected chi connectivity index (χ0v) is 8.25. The van der Waals surface area contributed by atoms with Crippen LogP contribution in [0.25, 0.3) is 0 Å². The predicted octanol–water partition coefficient (Wildman–Crippen LogP) is 3.22. The molecule has 0 fully saturated rings. The highest BCUT2D eigenvalue weighted by Gasteiger charge is 2.19. The van der Waals surface area contributed by atoms with Gasteiger partial charge in [-0.3, -0.25) is 0 Å². The van der Waals surface area contributed by atoms with Crippen LogP contribution in [0.3, 0.4) is 0 Å². The fourth-order valence-electron chi connectivity index (χ4n) is 1.69. The molecule has 0 aliphatic heterocycles. The summed E-state index contributed by atoms with van der Waals surface area (Å²) in [7, 11) is 0. The van der Waals surface area contributed by atoms with E-state index in [9.17, 15) is 0 Å². The minimum Gasteiger partial charge on any atom is -0.192 e. The van der Waals surface area contributed by atoms with Crippen molar-refractivity contribution >= 4 is 0 Å². The fourth-order valence-corrected chi connectivity index (χ4v) is 1.69. The summed E-state index contributed by atoms with van der Waals surface area (Å²) in [6, 6.07) is 2.17. The second kappa shape index (κ2) is 4.09. The Morgan fingerprint density at radius 3 is 2.85 bits per heavy atom. The molecule has 0 spiro atoms. The first-order chi connectivity index (χ1) is 6.19. The van der Waals surface area contributed by atoms with Gasteiger partial charge in [-0.15, -0.1) is 0 Å². The van der Waals surface area contributed by atoms with Crippen LogP contribution in [0.4, 0.5) is 0 Å². The molecule has 0 radical (unpaired) electrons. The number of allylic oxidation sites excluding steroid dienone is 5. The maximum absolute atomic E-state index is 8.75. The standard InChI is InChI=1S/C12H15N/c1-4-11-6-5-10(8-13)7-12(11)9(2)3/h5-7,11-12H,2,4H2,1,3H3. The van der Waals surface area contributed by atoms with Crippen molar-refractivity contribution < 1.29 is 0 Å². The van der Waals surface area contributed by atoms with Crippen LogP contribution in [0, 0.1) is 23.2 Å². The predicted molar refractivity (Wildman–Crippen MR) is 54.9 cm³/mol. The molecule has 0 aromatic heterocycles. The van der Waals surface area contributed by atoms with E-state index in [4.69, 9.17) is 5.26 Å². The van der Waals surface area contributed by atoms with Gasteiger partial charge in [0.1, 0.15) is 0 Å². The van der Waals surface area contributed by atoms with Crippen LogP contribution in [0.2, 0.25) is 0 Å². The highest BCUT2D eigenvalue weighted by molar-refractivity contribution is 5.39. The van der Waals surface area contributed by atoms with Gasteiger partial charge in [0.25, 0.3) is 0 Å². The summed E-state index contributed by atoms with van der Waals surface area (Å²) in [6.07, 6.45) is 7.16. The molecule has 0 amide bonds. The second-order valence-electron chi connectivity index (χ2n) is 3.54. The Kier molecular flexibility index (Phi) is 3.08. The molecule has 1 aliphatic rings. The van der Waals surface area contributed by atoms with E-state index in [-0.39, 0.29) is 0 Å². The molecule has 0 aromatic carbocycles. The summed E-state index contributed by atoms with van der Waals surface area (Å²) in [5.74, 6) is 0.874. The van der Waals surface area contributed by atoms with Gasteiger partial charge < -0.3 is 0 Å². The van der Waals surface area contributed by atoms with Gasteiger partial charge in [0.05, 0.1) is 6.07 Å². The SMILES string of the molecule is C=C(C)C1C=C(C#N)C=CC1CC. The van der Waals surface area contributed by atoms with Gasteiger partial charge in [0, 0.05) is 11.5 Å². The van der Waals surface area contributed by atoms with Crippen LogP contribution < -0.4 is 0 Å². The second-order valence-corrected chi connectivity index (χ2v) is 3.54. The lowest BCUT2D eigenvalue weighted by Gasteiger charge is -2.23. The Morgan fingerprint density at radius 1 is 1.69 bits per heavy atom. The Morgan fingerprint density at radius 2 is 2.38 bits per heavy atom. The zero-order valence-electron chi connectivity index (χ0n) is 8.25. The van der Waals surface area contributed by atoms with E-state index >= 15 is 0 Å². The quantitative estimate of drug-likeness (QED) is 0.588. The molecule has 68 valence electrons. The molecule has 2 atom stereocenters. The van der Waals surface area contributed by atoms with Gasteiger partial charge >= 0.3 is 0 Å². The van der Waals surface area contributed by atoms with Crippen LogP contribution in [-0.2, 0) is 0 Å². The van der Waals surface area contributed by atoms with E-state index < -0.39 is 0 Å². The molecule has 0 saturated heterocycles. The molecule has 1 rings (SSSR count). The van der Waals surface area contributed by atoms with Gasteiger partial charge in [-0.1, -0.05) is 31.2 Å². The molecule has 13 heavy (non-hydrogen) atoms. The Balaban J connectivity index is 2.90. The van der Waals surface area contributed by atoms with Crippen molar-refractivity contribution in [1.29, 1.82) is 5.26 Å². The Bertz CT molecular complexity index is 302. The van der Waals surface area contributed by atoms with Gasteiger partial charge in [-0.25, -0.2) is 0 Å². The average molecular weight is 173 g/mol. The number of hydrogen-bond acceptors (Lipinski definition) is 1. The van der Waals surface area contributed by atoms with Crippen molar-refractivity contribution in [3.8, 4) is 6.07 Å². The normalized spacial score (nSPS) is 26.4. The molecule has 2 unspecified atom stereocenters. The first-order valence-electron chi connectivity index (χ1n) is 4.64. The van der Waals surface area contributed by atoms with Crippen molar-refractivity contribution in [3.05, 3.63) is 36.0 Å². The van der Waals surface area contributed by atoms with Gasteiger partial charge in [-0.2, -0.15) is 5.26 Å². The molecule has 1 heteroatoms. The summed E-state index contributed by atoms with van der Waals surface area (Å²) < 4.78 is 0. The maximum Gasteiger partial charge on any atom is 0.0988 e. The molecule has 0 heterocycles. The third-order valence-electron chi connectivity index (χ3n) is 2.51. The number of nitriles is 1. The molecule has 0 bridgehead atoms. The first-order valence-corrected chi connectivity index (χ1v) is 4.64. The molecule has 0 saturated carbocycles. The van der Waals surface area contributed by atoms with E-state index in [0.29, 0.717) is 11.8 Å². The minimum atomic E-state index is 0.352. The minimum absolute atomic E-state index is 0.352.